The van der Waals surface area contributed by atoms with Crippen molar-refractivity contribution in [2.24, 2.45) is 11.8 Å². The normalized spacial score (nSPS) is 39.0. The molecule has 1 aliphatic carbocycles. The van der Waals surface area contributed by atoms with Crippen LogP contribution >= 0.6 is 0 Å². The topological polar surface area (TPSA) is 23.6 Å². The minimum Gasteiger partial charge on any atom is -0.331 e. The third kappa shape index (κ3) is 2.28. The van der Waals surface area contributed by atoms with Crippen LogP contribution in [0.2, 0.25) is 0 Å². The van der Waals surface area contributed by atoms with E-state index in [1.54, 1.807) is 0 Å². The molecule has 0 saturated carbocycles. The maximum absolute atomic E-state index is 14.3. The van der Waals surface area contributed by atoms with E-state index in [1.807, 2.05) is 6.92 Å². The Morgan fingerprint density at radius 1 is 1.13 bits per heavy atom. The van der Waals surface area contributed by atoms with E-state index in [2.05, 4.69) is 58.3 Å². The second-order valence-corrected chi connectivity index (χ2v) is 12.0. The average molecular weight is 615 g/mol. The highest BCUT2D eigenvalue weighted by atomic mass is 16.2. The number of piperidine rings is 3. The first-order valence-electron chi connectivity index (χ1n) is 12.6. The van der Waals surface area contributed by atoms with E-state index in [9.17, 15) is 4.79 Å². The Balaban J connectivity index is -0.00000000125. The fourth-order valence-electron chi connectivity index (χ4n) is 7.73. The van der Waals surface area contributed by atoms with Gasteiger partial charge in [-0.1, -0.05) is 20.8 Å². The van der Waals surface area contributed by atoms with E-state index in [0.717, 1.165) is 37.2 Å². The van der Waals surface area contributed by atoms with Crippen molar-refractivity contribution in [1.82, 2.24) is 9.80 Å². The van der Waals surface area contributed by atoms with Gasteiger partial charge in [-0.2, -0.15) is 0 Å². The number of nitrogens with zero attached hydrogens (tertiary/aromatic N) is 2. The smallest absolute Gasteiger partial charge is 0.254 e. The molecule has 5 aliphatic rings. The number of rotatable bonds is 1. The number of hydrogen-bond donors (Lipinski definition) is 0. The lowest BCUT2D eigenvalue weighted by Gasteiger charge is -2.67. The maximum Gasteiger partial charge on any atom is 0.254 e. The molecule has 0 radical (unpaired) electrons. The van der Waals surface area contributed by atoms with E-state index in [0.29, 0.717) is 23.8 Å². The van der Waals surface area contributed by atoms with Crippen LogP contribution in [0.15, 0.2) is 6.04 Å². The number of benzene rings is 1. The standard InChI is InChI=1S/C27H40N2O.102H2/c1-16-13-21-22-19(14-17(2)25(4,5)23(22)18(16)3)15-29(24(21)30)27(8)20-9-11-28(12-10-20)26(27,6)7;;;;;;;;;;;;;;;;;;;;;;;;;;;;;;;;;;;;;;;;;;;;;;;;;;;;;;;;;;;;;;;;;;;;;;;;;;;;;;;;;;;;;;;;;;;;;;;;;;;;;;/h13,17,19-20H,9-12,14-15H2,1-8H3;102*1H/t17?,19-,27+;;;;;;;;;;;;;;;;;;;;;;;;;;;;;;;;;;;;;;;;;;;;;;;;;;;;;;;;;;;;;;;;;;;;;;;;;;;;;;;;;;;;;;;;;;;;;;;;;;;;;;/m1....................................................................................................../s1/i13D;;;;;;;;;;;;;;;;;;;;;;;;;;;;;;;;;;;;;;;;;;;;;;;;;;;;;;;;;;;;;;;;;;;;;;;;;;;;;;;;;;;;;;;;;;;;;;;;;;;;;;. The van der Waals surface area contributed by atoms with E-state index >= 15 is 0 Å². The number of carbonyl (C=O) groups is 1. The third-order valence-electron chi connectivity index (χ3n) is 10.5. The van der Waals surface area contributed by atoms with Crippen molar-refractivity contribution in [3.63, 3.8) is 0 Å². The first kappa shape index (κ1) is 19.3. The molecule has 1 unspecified atom stereocenters. The molecule has 3 fully saturated rings. The Labute approximate surface area is 336 Å². The molecular weight excluding hydrogens is 368 g/mol. The molecule has 6 rings (SSSR count). The lowest BCUT2D eigenvalue weighted by molar-refractivity contribution is -0.140. The van der Waals surface area contributed by atoms with Crippen molar-refractivity contribution < 1.29 is 152 Å². The zero-order chi connectivity index (χ0) is 22.7. The Hall–Kier alpha value is -1.35. The molecule has 0 aromatic heterocycles. The summed E-state index contributed by atoms with van der Waals surface area (Å²) in [5, 5.41) is 0. The van der Waals surface area contributed by atoms with Crippen molar-refractivity contribution >= 4 is 5.91 Å². The molecular formula is C27H244N2O. The van der Waals surface area contributed by atoms with Gasteiger partial charge in [-0.3, -0.25) is 9.69 Å². The Kier molecular flexibility index (Phi) is 3.95. The van der Waals surface area contributed by atoms with Crippen molar-refractivity contribution in [3.8, 4) is 0 Å². The van der Waals surface area contributed by atoms with Crippen molar-refractivity contribution in [2.45, 2.75) is 97.1 Å². The highest BCUT2D eigenvalue weighted by Crippen LogP contribution is 2.55. The maximum atomic E-state index is 14.3. The van der Waals surface area contributed by atoms with Crippen LogP contribution in [0.3, 0.4) is 0 Å². The van der Waals surface area contributed by atoms with Crippen LogP contribution in [0.5, 0.6) is 0 Å². The minimum atomic E-state index is -0.195. The Morgan fingerprint density at radius 3 is 2.37 bits per heavy atom. The van der Waals surface area contributed by atoms with Crippen molar-refractivity contribution in [3.05, 3.63) is 33.9 Å². The average Bonchev–Trinajstić information content (AvgIpc) is 2.71. The summed E-state index contributed by atoms with van der Waals surface area (Å²) in [6.07, 6.45) is 3.46. The molecule has 4 aliphatic heterocycles. The minimum absolute atomic E-state index is 0. The number of carbonyl (C=O) groups excluding carboxylic acids is 1. The first-order chi connectivity index (χ1) is 14.3. The van der Waals surface area contributed by atoms with Crippen LogP contribution in [0.1, 0.15) is 246 Å². The summed E-state index contributed by atoms with van der Waals surface area (Å²) < 4.78 is 9.02. The predicted octanol–water partition coefficient (Wildman–Crippen LogP) is 30.5. The highest BCUT2D eigenvalue weighted by molar-refractivity contribution is 5.99. The summed E-state index contributed by atoms with van der Waals surface area (Å²) in [5.41, 5.74) is 5.33. The molecule has 3 nitrogen and oxygen atoms in total. The lowest BCUT2D eigenvalue weighted by Crippen LogP contribution is -2.77. The third-order valence-corrected chi connectivity index (χ3v) is 10.5. The van der Waals surface area contributed by atoms with Gasteiger partial charge in [-0.15, -0.1) is 0 Å². The molecule has 1 amide bonds. The summed E-state index contributed by atoms with van der Waals surface area (Å²) in [5.74, 6) is 1.55. The molecule has 1 aromatic rings. The molecule has 3 saturated heterocycles. The van der Waals surface area contributed by atoms with Crippen LogP contribution in [-0.4, -0.2) is 46.4 Å². The van der Waals surface area contributed by atoms with Gasteiger partial charge in [-0.25, -0.2) is 0 Å². The zero-order valence-electron chi connectivity index (χ0n) is 21.3. The molecule has 3 atom stereocenters. The largest absolute Gasteiger partial charge is 0.331 e. The van der Waals surface area contributed by atoms with E-state index in [1.165, 1.54) is 29.5 Å². The second-order valence-electron chi connectivity index (χ2n) is 12.0. The van der Waals surface area contributed by atoms with Crippen LogP contribution in [-0.2, 0) is 5.41 Å². The van der Waals surface area contributed by atoms with Crippen molar-refractivity contribution in [1.29, 1.82) is 0 Å². The number of fused-ring (bicyclic) bond motifs is 3. The fourth-order valence-corrected chi connectivity index (χ4v) is 7.73. The summed E-state index contributed by atoms with van der Waals surface area (Å²) in [6, 6.07) is 0.476. The quantitative estimate of drug-likeness (QED) is 0.314. The van der Waals surface area contributed by atoms with E-state index < -0.39 is 0 Å². The van der Waals surface area contributed by atoms with Gasteiger partial charge >= 0.3 is 0 Å². The molecule has 0 spiro atoms. The Morgan fingerprint density at radius 2 is 1.77 bits per heavy atom. The number of amides is 1. The SMILES string of the molecule is [2H]c1c(C)c(C)c2c3c1C(=O)N([C@@]1(C)C4CCN(CC4)C1(C)C)C[C@H]3CC(C)C2(C)C.[HH].[HH].[HH].[HH].[HH].[HH].[HH].[HH].[HH].[HH].[HH].[HH].[HH].[HH].[HH].[HH].[HH].[HH].[HH].[HH].[HH].[HH].[HH].[HH].[HH].[HH].[HH].[HH].[HH].[HH].[HH].[HH].[HH].[HH].[HH].[HH].[HH].[HH].[HH].[HH].[HH].[HH].[HH].[HH].[HH].[HH].[HH].[HH].[HH].[HH].[HH].[HH].[HH].[HH].[HH].[HH].[HH].[HH].[HH].[HH].[HH].[HH].[HH].[HH].[HH].[HH].[HH].[HH].[HH].[HH].[HH].[HH].[HH].[HH].[HH].[HH].[HH].[HH].[HH].[HH].[HH].[HH].[HH].[HH].[HH].[HH].[HH].[HH].[HH].[HH].[HH].[HH].[HH].[HH].[HH].[HH].[HH].[HH].[HH].[HH].[HH].[HH]. The zero-order valence-corrected chi connectivity index (χ0v) is 20.3. The Bertz CT molecular complexity index is 1070. The monoisotopic (exact) mass is 615 g/mol. The van der Waals surface area contributed by atoms with Gasteiger partial charge in [0.15, 0.2) is 0 Å². The molecule has 0 N–H and O–H groups in total. The highest BCUT2D eigenvalue weighted by Gasteiger charge is 2.61. The van der Waals surface area contributed by atoms with Gasteiger partial charge in [-0.05, 0) is 113 Å². The van der Waals surface area contributed by atoms with E-state index in [4.69, 9.17) is 1.37 Å². The number of hydrogen-bond acceptors (Lipinski definition) is 2. The molecule has 1 aromatic carbocycles. The van der Waals surface area contributed by atoms with Gasteiger partial charge in [0.2, 0.25) is 0 Å². The van der Waals surface area contributed by atoms with Gasteiger partial charge in [0.25, 0.3) is 5.91 Å². The molecule has 368 valence electrons. The van der Waals surface area contributed by atoms with Crippen LogP contribution in [0.4, 0.5) is 0 Å². The lowest BCUT2D eigenvalue weighted by atomic mass is 9.57. The second kappa shape index (κ2) is 6.12. The van der Waals surface area contributed by atoms with Gasteiger partial charge in [0, 0.05) is 169 Å². The van der Waals surface area contributed by atoms with Gasteiger partial charge < -0.3 is 4.90 Å². The molecule has 2 bridgehead atoms. The van der Waals surface area contributed by atoms with Gasteiger partial charge in [0.1, 0.15) is 0 Å². The summed E-state index contributed by atoms with van der Waals surface area (Å²) in [6.45, 7) is 21.4. The summed E-state index contributed by atoms with van der Waals surface area (Å²) >= 11 is 0. The van der Waals surface area contributed by atoms with Crippen molar-refractivity contribution in [2.75, 3.05) is 19.6 Å². The predicted molar refractivity (Wildman–Crippen MR) is 339 cm³/mol. The molecule has 30 heavy (non-hydrogen) atoms. The first-order valence-corrected chi connectivity index (χ1v) is 12.1. The summed E-state index contributed by atoms with van der Waals surface area (Å²) in [4.78, 5) is 19.1. The molecule has 3 heteroatoms. The van der Waals surface area contributed by atoms with Crippen LogP contribution in [0.25, 0.3) is 0 Å². The van der Waals surface area contributed by atoms with E-state index in [-0.39, 0.29) is 168 Å². The summed E-state index contributed by atoms with van der Waals surface area (Å²) in [7, 11) is 0. The molecule has 4 heterocycles. The van der Waals surface area contributed by atoms with Crippen LogP contribution < -0.4 is 0 Å². The van der Waals surface area contributed by atoms with Crippen LogP contribution in [0, 0.1) is 25.7 Å². The fraction of sp³-hybridized carbons (Fsp3) is 0.741. The van der Waals surface area contributed by atoms with Gasteiger partial charge in [0.05, 0.1) is 6.91 Å².